The van der Waals surface area contributed by atoms with E-state index in [0.29, 0.717) is 0 Å². The molecule has 1 saturated carbocycles. The molecule has 2 aliphatic rings. The van der Waals surface area contributed by atoms with E-state index >= 15 is 0 Å². The number of piperidine rings is 1. The summed E-state index contributed by atoms with van der Waals surface area (Å²) < 4.78 is 0. The number of hydrogen-bond donors (Lipinski definition) is 2. The average molecular weight is 169 g/mol. The van der Waals surface area contributed by atoms with E-state index in [2.05, 4.69) is 5.32 Å². The van der Waals surface area contributed by atoms with Crippen LogP contribution in [-0.2, 0) is 9.59 Å². The molecule has 1 aliphatic carbocycles. The van der Waals surface area contributed by atoms with Crippen LogP contribution in [0.2, 0.25) is 0 Å². The van der Waals surface area contributed by atoms with E-state index in [4.69, 9.17) is 5.11 Å². The van der Waals surface area contributed by atoms with Gasteiger partial charge in [0.15, 0.2) is 0 Å². The molecular weight excluding hydrogens is 158 g/mol. The fourth-order valence-corrected chi connectivity index (χ4v) is 2.27. The molecule has 0 aromatic heterocycles. The first-order valence-electron chi connectivity index (χ1n) is 4.21. The Morgan fingerprint density at radius 2 is 2.25 bits per heavy atom. The number of nitrogens with one attached hydrogen (secondary N) is 1. The second-order valence-electron chi connectivity index (χ2n) is 3.59. The lowest BCUT2D eigenvalue weighted by Gasteiger charge is -2.25. The van der Waals surface area contributed by atoms with Gasteiger partial charge in [-0.3, -0.25) is 9.59 Å². The fraction of sp³-hybridized carbons (Fsp3) is 0.750. The second-order valence-corrected chi connectivity index (χ2v) is 3.59. The summed E-state index contributed by atoms with van der Waals surface area (Å²) in [5.41, 5.74) is 0. The Morgan fingerprint density at radius 1 is 1.50 bits per heavy atom. The van der Waals surface area contributed by atoms with Crippen LogP contribution in [0.25, 0.3) is 0 Å². The molecule has 2 N–H and O–H groups in total. The highest BCUT2D eigenvalue weighted by atomic mass is 16.4. The van der Waals surface area contributed by atoms with Crippen LogP contribution in [0.4, 0.5) is 0 Å². The van der Waals surface area contributed by atoms with Gasteiger partial charge >= 0.3 is 5.97 Å². The zero-order valence-corrected chi connectivity index (χ0v) is 6.62. The van der Waals surface area contributed by atoms with Crippen molar-refractivity contribution in [3.05, 3.63) is 0 Å². The van der Waals surface area contributed by atoms with Gasteiger partial charge in [0.05, 0.1) is 0 Å². The van der Waals surface area contributed by atoms with E-state index < -0.39 is 11.9 Å². The van der Waals surface area contributed by atoms with Gasteiger partial charge < -0.3 is 10.4 Å². The maximum atomic E-state index is 11.2. The van der Waals surface area contributed by atoms with Crippen molar-refractivity contribution in [2.45, 2.75) is 25.3 Å². The van der Waals surface area contributed by atoms with Gasteiger partial charge in [-0.25, -0.2) is 0 Å². The summed E-state index contributed by atoms with van der Waals surface area (Å²) >= 11 is 0. The standard InChI is InChI=1S/C8H11NO3/c10-7-6(8(11)12)4-1-2-5(3-4)9-7/h4-6H,1-3H2,(H,9,10)(H,11,12). The highest BCUT2D eigenvalue weighted by molar-refractivity contribution is 5.98. The van der Waals surface area contributed by atoms with E-state index in [9.17, 15) is 9.59 Å². The van der Waals surface area contributed by atoms with Crippen LogP contribution in [0.5, 0.6) is 0 Å². The Morgan fingerprint density at radius 3 is 2.92 bits per heavy atom. The molecule has 1 heterocycles. The Kier molecular flexibility index (Phi) is 1.56. The quantitative estimate of drug-likeness (QED) is 0.542. The Balaban J connectivity index is 2.21. The van der Waals surface area contributed by atoms with Gasteiger partial charge in [-0.05, 0) is 25.2 Å². The van der Waals surface area contributed by atoms with Crippen molar-refractivity contribution < 1.29 is 14.7 Å². The molecule has 2 bridgehead atoms. The van der Waals surface area contributed by atoms with Crippen molar-refractivity contribution in [2.75, 3.05) is 0 Å². The number of carbonyl (C=O) groups is 2. The normalized spacial score (nSPS) is 39.3. The summed E-state index contributed by atoms with van der Waals surface area (Å²) in [5.74, 6) is -1.97. The number of rotatable bonds is 1. The average Bonchev–Trinajstić information content (AvgIpc) is 2.31. The lowest BCUT2D eigenvalue weighted by molar-refractivity contribution is -0.150. The smallest absolute Gasteiger partial charge is 0.316 e. The summed E-state index contributed by atoms with van der Waals surface area (Å²) in [6.45, 7) is 0. The summed E-state index contributed by atoms with van der Waals surface area (Å²) in [5, 5.41) is 11.5. The van der Waals surface area contributed by atoms with E-state index in [1.807, 2.05) is 0 Å². The summed E-state index contributed by atoms with van der Waals surface area (Å²) in [4.78, 5) is 21.9. The highest BCUT2D eigenvalue weighted by Crippen LogP contribution is 2.35. The molecule has 2 rings (SSSR count). The Bertz CT molecular complexity index is 238. The van der Waals surface area contributed by atoms with Gasteiger partial charge in [0, 0.05) is 6.04 Å². The summed E-state index contributed by atoms with van der Waals surface area (Å²) in [6, 6.07) is 0.248. The molecule has 1 aliphatic heterocycles. The minimum Gasteiger partial charge on any atom is -0.481 e. The van der Waals surface area contributed by atoms with E-state index in [-0.39, 0.29) is 17.9 Å². The third kappa shape index (κ3) is 0.983. The molecular formula is C8H11NO3. The predicted octanol–water partition coefficient (Wildman–Crippen LogP) is -0.0143. The minimum absolute atomic E-state index is 0.0845. The van der Waals surface area contributed by atoms with Crippen LogP contribution < -0.4 is 5.32 Å². The topological polar surface area (TPSA) is 66.4 Å². The largest absolute Gasteiger partial charge is 0.481 e. The van der Waals surface area contributed by atoms with Gasteiger partial charge in [-0.1, -0.05) is 0 Å². The zero-order chi connectivity index (χ0) is 8.72. The first-order valence-corrected chi connectivity index (χ1v) is 4.21. The van der Waals surface area contributed by atoms with Crippen molar-refractivity contribution in [1.29, 1.82) is 0 Å². The first kappa shape index (κ1) is 7.58. The molecule has 4 heteroatoms. The van der Waals surface area contributed by atoms with Crippen LogP contribution in [0, 0.1) is 11.8 Å². The lowest BCUT2D eigenvalue weighted by atomic mass is 9.87. The van der Waals surface area contributed by atoms with E-state index in [1.54, 1.807) is 0 Å². The maximum absolute atomic E-state index is 11.2. The lowest BCUT2D eigenvalue weighted by Crippen LogP contribution is -2.46. The SMILES string of the molecule is O=C(O)C1C(=O)NC2CCC1C2. The number of fused-ring (bicyclic) bond motifs is 2. The van der Waals surface area contributed by atoms with Crippen molar-refractivity contribution in [1.82, 2.24) is 5.32 Å². The fourth-order valence-electron chi connectivity index (χ4n) is 2.27. The van der Waals surface area contributed by atoms with Gasteiger partial charge in [0.25, 0.3) is 0 Å². The third-order valence-corrected chi connectivity index (χ3v) is 2.84. The predicted molar refractivity (Wildman–Crippen MR) is 40.4 cm³/mol. The van der Waals surface area contributed by atoms with Crippen molar-refractivity contribution in [3.8, 4) is 0 Å². The molecule has 0 radical (unpaired) electrons. The molecule has 0 aromatic carbocycles. The highest BCUT2D eigenvalue weighted by Gasteiger charge is 2.44. The monoisotopic (exact) mass is 169 g/mol. The Labute approximate surface area is 69.9 Å². The zero-order valence-electron chi connectivity index (χ0n) is 6.62. The molecule has 0 spiro atoms. The van der Waals surface area contributed by atoms with Crippen LogP contribution in [0.3, 0.4) is 0 Å². The number of carboxylic acid groups (broad SMARTS) is 1. The molecule has 0 aromatic rings. The number of aliphatic carboxylic acids is 1. The minimum atomic E-state index is -0.974. The molecule has 3 atom stereocenters. The maximum Gasteiger partial charge on any atom is 0.316 e. The molecule has 3 unspecified atom stereocenters. The van der Waals surface area contributed by atoms with Gasteiger partial charge in [-0.15, -0.1) is 0 Å². The van der Waals surface area contributed by atoms with E-state index in [0.717, 1.165) is 19.3 Å². The second kappa shape index (κ2) is 2.47. The van der Waals surface area contributed by atoms with E-state index in [1.165, 1.54) is 0 Å². The number of hydrogen-bond acceptors (Lipinski definition) is 2. The van der Waals surface area contributed by atoms with Crippen LogP contribution >= 0.6 is 0 Å². The summed E-state index contributed by atoms with van der Waals surface area (Å²) in [6.07, 6.45) is 2.67. The molecule has 12 heavy (non-hydrogen) atoms. The van der Waals surface area contributed by atoms with Crippen molar-refractivity contribution in [3.63, 3.8) is 0 Å². The van der Waals surface area contributed by atoms with Crippen LogP contribution in [0.15, 0.2) is 0 Å². The number of carbonyl (C=O) groups excluding carboxylic acids is 1. The molecule has 66 valence electrons. The number of amides is 1. The Hall–Kier alpha value is -1.06. The molecule has 1 amide bonds. The molecule has 1 saturated heterocycles. The van der Waals surface area contributed by atoms with Crippen molar-refractivity contribution >= 4 is 11.9 Å². The summed E-state index contributed by atoms with van der Waals surface area (Å²) in [7, 11) is 0. The van der Waals surface area contributed by atoms with Crippen LogP contribution in [0.1, 0.15) is 19.3 Å². The van der Waals surface area contributed by atoms with Gasteiger partial charge in [-0.2, -0.15) is 0 Å². The molecule has 4 nitrogen and oxygen atoms in total. The van der Waals surface area contributed by atoms with Gasteiger partial charge in [0.1, 0.15) is 5.92 Å². The third-order valence-electron chi connectivity index (χ3n) is 2.84. The first-order chi connectivity index (χ1) is 5.68. The van der Waals surface area contributed by atoms with Gasteiger partial charge in [0.2, 0.25) is 5.91 Å². The van der Waals surface area contributed by atoms with Crippen molar-refractivity contribution in [2.24, 2.45) is 11.8 Å². The van der Waals surface area contributed by atoms with Crippen LogP contribution in [-0.4, -0.2) is 23.0 Å². The molecule has 2 fully saturated rings. The number of carboxylic acids is 1.